The molecule has 19 heavy (non-hydrogen) atoms. The third-order valence-corrected chi connectivity index (χ3v) is 2.45. The summed E-state index contributed by atoms with van der Waals surface area (Å²) in [5, 5.41) is 14.1. The summed E-state index contributed by atoms with van der Waals surface area (Å²) in [6.45, 7) is 6.48. The zero-order chi connectivity index (χ0) is 14.3. The van der Waals surface area contributed by atoms with Crippen molar-refractivity contribution in [1.82, 2.24) is 10.6 Å². The van der Waals surface area contributed by atoms with Crippen LogP contribution < -0.4 is 10.6 Å². The number of carbonyl (C=O) groups is 2. The van der Waals surface area contributed by atoms with Gasteiger partial charge in [-0.1, -0.05) is 24.3 Å². The summed E-state index contributed by atoms with van der Waals surface area (Å²) >= 11 is 0. The standard InChI is InChI=1S/C14H18N2O3/c1-10(2)9-16-14(19)15-8-7-11-3-5-12(6-4-11)13(17)18/h3-6H,1,7-9H2,2H3,(H,17,18)(H2,15,16,19). The zero-order valence-electron chi connectivity index (χ0n) is 10.9. The molecule has 0 aliphatic heterocycles. The molecule has 0 aliphatic carbocycles. The molecule has 0 atom stereocenters. The number of urea groups is 1. The van der Waals surface area contributed by atoms with Gasteiger partial charge < -0.3 is 15.7 Å². The van der Waals surface area contributed by atoms with Crippen LogP contribution >= 0.6 is 0 Å². The van der Waals surface area contributed by atoms with Crippen molar-refractivity contribution >= 4 is 12.0 Å². The van der Waals surface area contributed by atoms with Gasteiger partial charge in [-0.3, -0.25) is 0 Å². The van der Waals surface area contributed by atoms with Crippen LogP contribution in [0.3, 0.4) is 0 Å². The van der Waals surface area contributed by atoms with E-state index in [-0.39, 0.29) is 11.6 Å². The number of carbonyl (C=O) groups excluding carboxylic acids is 1. The number of aromatic carboxylic acids is 1. The predicted octanol–water partition coefficient (Wildman–Crippen LogP) is 1.80. The maximum Gasteiger partial charge on any atom is 0.335 e. The van der Waals surface area contributed by atoms with Gasteiger partial charge in [-0.2, -0.15) is 0 Å². The molecule has 2 amide bonds. The number of rotatable bonds is 6. The lowest BCUT2D eigenvalue weighted by Gasteiger charge is -2.07. The van der Waals surface area contributed by atoms with Gasteiger partial charge in [-0.25, -0.2) is 9.59 Å². The van der Waals surface area contributed by atoms with E-state index >= 15 is 0 Å². The molecule has 0 heterocycles. The Morgan fingerprint density at radius 3 is 2.37 bits per heavy atom. The summed E-state index contributed by atoms with van der Waals surface area (Å²) in [4.78, 5) is 22.0. The minimum Gasteiger partial charge on any atom is -0.478 e. The fourth-order valence-electron chi connectivity index (χ4n) is 1.43. The number of hydrogen-bond acceptors (Lipinski definition) is 2. The highest BCUT2D eigenvalue weighted by Gasteiger charge is 2.02. The average Bonchev–Trinajstić information content (AvgIpc) is 2.37. The highest BCUT2D eigenvalue weighted by Crippen LogP contribution is 2.04. The second-order valence-corrected chi connectivity index (χ2v) is 4.32. The van der Waals surface area contributed by atoms with Crippen molar-refractivity contribution in [2.45, 2.75) is 13.3 Å². The van der Waals surface area contributed by atoms with E-state index in [1.165, 1.54) is 0 Å². The number of hydrogen-bond donors (Lipinski definition) is 3. The molecule has 0 fully saturated rings. The quantitative estimate of drug-likeness (QED) is 0.684. The fourth-order valence-corrected chi connectivity index (χ4v) is 1.43. The largest absolute Gasteiger partial charge is 0.478 e. The van der Waals surface area contributed by atoms with Gasteiger partial charge in [0.05, 0.1) is 5.56 Å². The van der Waals surface area contributed by atoms with Crippen LogP contribution in [0.2, 0.25) is 0 Å². The van der Waals surface area contributed by atoms with Crippen LogP contribution in [-0.2, 0) is 6.42 Å². The molecule has 3 N–H and O–H groups in total. The first kappa shape index (κ1) is 14.8. The van der Waals surface area contributed by atoms with Gasteiger partial charge in [0.1, 0.15) is 0 Å². The summed E-state index contributed by atoms with van der Waals surface area (Å²) in [5.74, 6) is -0.941. The van der Waals surface area contributed by atoms with E-state index in [0.29, 0.717) is 19.5 Å². The molecule has 0 radical (unpaired) electrons. The lowest BCUT2D eigenvalue weighted by atomic mass is 10.1. The topological polar surface area (TPSA) is 78.4 Å². The molecule has 1 aromatic rings. The van der Waals surface area contributed by atoms with Crippen LogP contribution in [0, 0.1) is 0 Å². The Morgan fingerprint density at radius 1 is 1.21 bits per heavy atom. The Morgan fingerprint density at radius 2 is 1.84 bits per heavy atom. The minimum absolute atomic E-state index is 0.231. The molecule has 0 bridgehead atoms. The van der Waals surface area contributed by atoms with Crippen molar-refractivity contribution in [3.63, 3.8) is 0 Å². The van der Waals surface area contributed by atoms with E-state index < -0.39 is 5.97 Å². The van der Waals surface area contributed by atoms with E-state index in [2.05, 4.69) is 17.2 Å². The first-order chi connectivity index (χ1) is 8.99. The number of nitrogens with one attached hydrogen (secondary N) is 2. The maximum atomic E-state index is 11.3. The molecule has 5 heteroatoms. The Kier molecular flexibility index (Phi) is 5.60. The Labute approximate surface area is 112 Å². The van der Waals surface area contributed by atoms with Crippen molar-refractivity contribution in [2.75, 3.05) is 13.1 Å². The van der Waals surface area contributed by atoms with Gasteiger partial charge in [0.2, 0.25) is 0 Å². The van der Waals surface area contributed by atoms with Gasteiger partial charge in [-0.05, 0) is 31.0 Å². The lowest BCUT2D eigenvalue weighted by Crippen LogP contribution is -2.37. The first-order valence-electron chi connectivity index (χ1n) is 5.97. The second kappa shape index (κ2) is 7.20. The molecular formula is C14H18N2O3. The summed E-state index contributed by atoms with van der Waals surface area (Å²) in [5.41, 5.74) is 2.13. The predicted molar refractivity (Wildman–Crippen MR) is 73.3 cm³/mol. The van der Waals surface area contributed by atoms with E-state index in [4.69, 9.17) is 5.11 Å². The van der Waals surface area contributed by atoms with Crippen LogP contribution in [0.1, 0.15) is 22.8 Å². The molecular weight excluding hydrogens is 244 g/mol. The molecule has 1 rings (SSSR count). The van der Waals surface area contributed by atoms with Crippen LogP contribution in [0.15, 0.2) is 36.4 Å². The van der Waals surface area contributed by atoms with Crippen LogP contribution in [0.25, 0.3) is 0 Å². The van der Waals surface area contributed by atoms with E-state index in [1.807, 2.05) is 6.92 Å². The van der Waals surface area contributed by atoms with Gasteiger partial charge in [0.25, 0.3) is 0 Å². The Hall–Kier alpha value is -2.30. The molecule has 5 nitrogen and oxygen atoms in total. The van der Waals surface area contributed by atoms with Crippen LogP contribution in [0.5, 0.6) is 0 Å². The number of amides is 2. The first-order valence-corrected chi connectivity index (χ1v) is 5.97. The summed E-state index contributed by atoms with van der Waals surface area (Å²) < 4.78 is 0. The molecule has 1 aromatic carbocycles. The fraction of sp³-hybridized carbons (Fsp3) is 0.286. The molecule has 102 valence electrons. The number of carboxylic acids is 1. The third-order valence-electron chi connectivity index (χ3n) is 2.45. The van der Waals surface area contributed by atoms with Crippen molar-refractivity contribution < 1.29 is 14.7 Å². The maximum absolute atomic E-state index is 11.3. The van der Waals surface area contributed by atoms with Crippen molar-refractivity contribution in [2.24, 2.45) is 0 Å². The highest BCUT2D eigenvalue weighted by atomic mass is 16.4. The highest BCUT2D eigenvalue weighted by molar-refractivity contribution is 5.87. The minimum atomic E-state index is -0.941. The van der Waals surface area contributed by atoms with Gasteiger partial charge in [0.15, 0.2) is 0 Å². The summed E-state index contributed by atoms with van der Waals surface area (Å²) in [6.07, 6.45) is 0.653. The van der Waals surface area contributed by atoms with Crippen LogP contribution in [-0.4, -0.2) is 30.2 Å². The van der Waals surface area contributed by atoms with Crippen molar-refractivity contribution in [3.05, 3.63) is 47.5 Å². The molecule has 0 unspecified atom stereocenters. The van der Waals surface area contributed by atoms with Gasteiger partial charge >= 0.3 is 12.0 Å². The number of carboxylic acid groups (broad SMARTS) is 1. The molecule has 0 aromatic heterocycles. The second-order valence-electron chi connectivity index (χ2n) is 4.32. The van der Waals surface area contributed by atoms with Gasteiger partial charge in [-0.15, -0.1) is 0 Å². The summed E-state index contributed by atoms with van der Waals surface area (Å²) in [6, 6.07) is 6.37. The van der Waals surface area contributed by atoms with Crippen LogP contribution in [0.4, 0.5) is 4.79 Å². The zero-order valence-corrected chi connectivity index (χ0v) is 10.9. The third kappa shape index (κ3) is 5.72. The van der Waals surface area contributed by atoms with E-state index in [1.54, 1.807) is 24.3 Å². The average molecular weight is 262 g/mol. The van der Waals surface area contributed by atoms with Gasteiger partial charge in [0, 0.05) is 13.1 Å². The molecule has 0 saturated carbocycles. The van der Waals surface area contributed by atoms with Crippen molar-refractivity contribution in [1.29, 1.82) is 0 Å². The monoisotopic (exact) mass is 262 g/mol. The molecule has 0 spiro atoms. The summed E-state index contributed by atoms with van der Waals surface area (Å²) in [7, 11) is 0. The molecule has 0 aliphatic rings. The molecule has 0 saturated heterocycles. The number of benzene rings is 1. The lowest BCUT2D eigenvalue weighted by molar-refractivity contribution is 0.0697. The Balaban J connectivity index is 2.31. The SMILES string of the molecule is C=C(C)CNC(=O)NCCc1ccc(C(=O)O)cc1. The normalized spacial score (nSPS) is 9.74. The smallest absolute Gasteiger partial charge is 0.335 e. The Bertz CT molecular complexity index is 466. The van der Waals surface area contributed by atoms with E-state index in [9.17, 15) is 9.59 Å². The van der Waals surface area contributed by atoms with E-state index in [0.717, 1.165) is 11.1 Å². The van der Waals surface area contributed by atoms with Crippen molar-refractivity contribution in [3.8, 4) is 0 Å².